The van der Waals surface area contributed by atoms with Gasteiger partial charge in [0.2, 0.25) is 5.89 Å². The number of fused-ring (bicyclic) bond motifs is 5. The zero-order valence-electron chi connectivity index (χ0n) is 9.52. The van der Waals surface area contributed by atoms with Crippen LogP contribution in [0.5, 0.6) is 0 Å². The maximum Gasteiger partial charge on any atom is 0.223 e. The van der Waals surface area contributed by atoms with Crippen LogP contribution in [0.15, 0.2) is 4.52 Å². The molecule has 3 saturated carbocycles. The van der Waals surface area contributed by atoms with Crippen LogP contribution in [0.3, 0.4) is 0 Å². The van der Waals surface area contributed by atoms with E-state index < -0.39 is 0 Å². The summed E-state index contributed by atoms with van der Waals surface area (Å²) in [6, 6.07) is 0.755. The smallest absolute Gasteiger partial charge is 0.223 e. The Balaban J connectivity index is 1.37. The van der Waals surface area contributed by atoms with Crippen molar-refractivity contribution in [2.24, 2.45) is 23.7 Å². The topological polar surface area (TPSA) is 51.0 Å². The molecule has 0 spiro atoms. The zero-order valence-corrected chi connectivity index (χ0v) is 9.52. The van der Waals surface area contributed by atoms with Crippen LogP contribution in [0.2, 0.25) is 0 Å². The quantitative estimate of drug-likeness (QED) is 0.837. The molecule has 0 amide bonds. The highest BCUT2D eigenvalue weighted by Crippen LogP contribution is 2.65. The van der Waals surface area contributed by atoms with E-state index >= 15 is 0 Å². The predicted molar refractivity (Wildman–Crippen MR) is 57.5 cm³/mol. The van der Waals surface area contributed by atoms with Crippen molar-refractivity contribution in [1.29, 1.82) is 0 Å². The van der Waals surface area contributed by atoms with Crippen LogP contribution in [0.4, 0.5) is 0 Å². The van der Waals surface area contributed by atoms with E-state index in [9.17, 15) is 0 Å². The second-order valence-electron chi connectivity index (χ2n) is 5.62. The lowest BCUT2D eigenvalue weighted by Crippen LogP contribution is -2.23. The van der Waals surface area contributed by atoms with Gasteiger partial charge in [-0.3, -0.25) is 0 Å². The van der Waals surface area contributed by atoms with Gasteiger partial charge in [-0.15, -0.1) is 0 Å². The Morgan fingerprint density at radius 1 is 1.31 bits per heavy atom. The molecule has 4 rings (SSSR count). The Bertz CT molecular complexity index is 400. The summed E-state index contributed by atoms with van der Waals surface area (Å²) in [7, 11) is 0. The number of hydrogen-bond acceptors (Lipinski definition) is 4. The van der Waals surface area contributed by atoms with Gasteiger partial charge in [0.05, 0.1) is 6.54 Å². The lowest BCUT2D eigenvalue weighted by atomic mass is 10.0. The first-order valence-corrected chi connectivity index (χ1v) is 6.35. The first-order chi connectivity index (χ1) is 7.83. The molecule has 1 heterocycles. The second kappa shape index (κ2) is 3.06. The van der Waals surface area contributed by atoms with E-state index in [0.29, 0.717) is 5.89 Å². The minimum absolute atomic E-state index is 0.660. The Hall–Kier alpha value is -0.900. The highest BCUT2D eigenvalue weighted by atomic mass is 16.5. The highest BCUT2D eigenvalue weighted by molar-refractivity contribution is 5.16. The van der Waals surface area contributed by atoms with Gasteiger partial charge in [-0.2, -0.15) is 4.98 Å². The van der Waals surface area contributed by atoms with E-state index in [-0.39, 0.29) is 0 Å². The minimum atomic E-state index is 0.660. The Morgan fingerprint density at radius 3 is 2.69 bits per heavy atom. The molecule has 0 radical (unpaired) electrons. The molecule has 1 aromatic heterocycles. The largest absolute Gasteiger partial charge is 0.340 e. The molecule has 3 aliphatic rings. The van der Waals surface area contributed by atoms with Crippen molar-refractivity contribution >= 4 is 0 Å². The lowest BCUT2D eigenvalue weighted by Gasteiger charge is -2.08. The van der Waals surface area contributed by atoms with E-state index in [2.05, 4.69) is 15.5 Å². The summed E-state index contributed by atoms with van der Waals surface area (Å²) in [5.74, 6) is 5.47. The van der Waals surface area contributed by atoms with Gasteiger partial charge in [-0.25, -0.2) is 0 Å². The van der Waals surface area contributed by atoms with Crippen molar-refractivity contribution in [1.82, 2.24) is 15.5 Å². The number of nitrogens with zero attached hydrogens (tertiary/aromatic N) is 2. The number of hydrogen-bond donors (Lipinski definition) is 1. The fourth-order valence-electron chi connectivity index (χ4n) is 4.22. The number of rotatable bonds is 3. The van der Waals surface area contributed by atoms with Gasteiger partial charge >= 0.3 is 0 Å². The number of aromatic nitrogens is 2. The summed E-state index contributed by atoms with van der Waals surface area (Å²) in [6.07, 6.45) is 4.46. The molecule has 0 aliphatic heterocycles. The molecular formula is C12H17N3O. The van der Waals surface area contributed by atoms with Crippen LogP contribution >= 0.6 is 0 Å². The summed E-state index contributed by atoms with van der Waals surface area (Å²) >= 11 is 0. The molecule has 4 atom stereocenters. The molecule has 16 heavy (non-hydrogen) atoms. The van der Waals surface area contributed by atoms with Crippen LogP contribution < -0.4 is 5.32 Å². The maximum absolute atomic E-state index is 4.96. The standard InChI is InChI=1S/C12H17N3O/c1-6-14-9(15-16-6)5-13-12-10-7-2-3-8(4-7)11(10)12/h7-8,10-13H,2-5H2,1H3. The zero-order chi connectivity index (χ0) is 10.7. The number of nitrogens with one attached hydrogen (secondary N) is 1. The maximum atomic E-state index is 4.96. The van der Waals surface area contributed by atoms with E-state index in [1.807, 2.05) is 6.92 Å². The minimum Gasteiger partial charge on any atom is -0.340 e. The molecule has 4 unspecified atom stereocenters. The van der Waals surface area contributed by atoms with E-state index in [4.69, 9.17) is 4.52 Å². The molecule has 4 heteroatoms. The summed E-state index contributed by atoms with van der Waals surface area (Å²) in [5.41, 5.74) is 0. The molecule has 1 N–H and O–H groups in total. The van der Waals surface area contributed by atoms with Gasteiger partial charge in [0.25, 0.3) is 0 Å². The summed E-state index contributed by atoms with van der Waals surface area (Å²) in [4.78, 5) is 4.22. The van der Waals surface area contributed by atoms with Gasteiger partial charge in [-0.1, -0.05) is 5.16 Å². The van der Waals surface area contributed by atoms with Crippen LogP contribution in [0, 0.1) is 30.6 Å². The summed E-state index contributed by atoms with van der Waals surface area (Å²) < 4.78 is 4.96. The van der Waals surface area contributed by atoms with Gasteiger partial charge < -0.3 is 9.84 Å². The highest BCUT2D eigenvalue weighted by Gasteiger charge is 2.64. The van der Waals surface area contributed by atoms with Crippen molar-refractivity contribution in [3.05, 3.63) is 11.7 Å². The Morgan fingerprint density at radius 2 is 2.06 bits per heavy atom. The molecule has 86 valence electrons. The fraction of sp³-hybridized carbons (Fsp3) is 0.833. The Labute approximate surface area is 94.8 Å². The van der Waals surface area contributed by atoms with Crippen molar-refractivity contribution in [3.63, 3.8) is 0 Å². The average molecular weight is 219 g/mol. The molecule has 3 fully saturated rings. The monoisotopic (exact) mass is 219 g/mol. The first kappa shape index (κ1) is 9.16. The van der Waals surface area contributed by atoms with Gasteiger partial charge in [0.15, 0.2) is 5.82 Å². The van der Waals surface area contributed by atoms with E-state index in [0.717, 1.165) is 42.1 Å². The summed E-state index contributed by atoms with van der Waals surface area (Å²) in [5, 5.41) is 7.52. The van der Waals surface area contributed by atoms with E-state index in [1.54, 1.807) is 0 Å². The van der Waals surface area contributed by atoms with Gasteiger partial charge in [0.1, 0.15) is 0 Å². The third-order valence-electron chi connectivity index (χ3n) is 4.80. The number of aryl methyl sites for hydroxylation is 1. The van der Waals surface area contributed by atoms with Gasteiger partial charge in [-0.05, 0) is 42.9 Å². The predicted octanol–water partition coefficient (Wildman–Crippen LogP) is 1.51. The molecule has 1 aromatic rings. The van der Waals surface area contributed by atoms with Crippen LogP contribution in [-0.4, -0.2) is 16.2 Å². The molecule has 4 nitrogen and oxygen atoms in total. The Kier molecular flexibility index (Phi) is 1.76. The molecule has 3 aliphatic carbocycles. The van der Waals surface area contributed by atoms with Crippen molar-refractivity contribution < 1.29 is 4.52 Å². The fourth-order valence-corrected chi connectivity index (χ4v) is 4.22. The van der Waals surface area contributed by atoms with Crippen molar-refractivity contribution in [2.75, 3.05) is 0 Å². The normalized spacial score (nSPS) is 43.7. The summed E-state index contributed by atoms with van der Waals surface area (Å²) in [6.45, 7) is 2.61. The second-order valence-corrected chi connectivity index (χ2v) is 5.62. The van der Waals surface area contributed by atoms with Crippen LogP contribution in [0.25, 0.3) is 0 Å². The molecule has 0 aromatic carbocycles. The molecular weight excluding hydrogens is 202 g/mol. The third-order valence-corrected chi connectivity index (χ3v) is 4.80. The van der Waals surface area contributed by atoms with E-state index in [1.165, 1.54) is 19.3 Å². The van der Waals surface area contributed by atoms with Crippen LogP contribution in [-0.2, 0) is 6.54 Å². The SMILES string of the molecule is Cc1nc(CNC2C3C4CCC(C4)C23)no1. The van der Waals surface area contributed by atoms with Crippen LogP contribution in [0.1, 0.15) is 31.0 Å². The van der Waals surface area contributed by atoms with Gasteiger partial charge in [0, 0.05) is 13.0 Å². The molecule has 0 saturated heterocycles. The average Bonchev–Trinajstić information content (AvgIpc) is 2.70. The van der Waals surface area contributed by atoms with Crippen molar-refractivity contribution in [3.8, 4) is 0 Å². The van der Waals surface area contributed by atoms with Crippen molar-refractivity contribution in [2.45, 2.75) is 38.8 Å². The lowest BCUT2D eigenvalue weighted by molar-refractivity contribution is 0.383. The third kappa shape index (κ3) is 1.19. The first-order valence-electron chi connectivity index (χ1n) is 6.35. The molecule has 2 bridgehead atoms.